The maximum Gasteiger partial charge on any atom is 0.303 e. The van der Waals surface area contributed by atoms with Gasteiger partial charge in [0.1, 0.15) is 6.33 Å². The van der Waals surface area contributed by atoms with Crippen LogP contribution in [0.5, 0.6) is 0 Å². The number of benzene rings is 1. The topological polar surface area (TPSA) is 107 Å². The molecule has 0 amide bonds. The number of hydrogen-bond donors (Lipinski definition) is 1. The second kappa shape index (κ2) is 5.53. The molecule has 8 nitrogen and oxygen atoms in total. The average molecular weight is 285 g/mol. The fraction of sp³-hybridized carbons (Fsp3) is 0.154. The first-order valence-corrected chi connectivity index (χ1v) is 6.22. The molecule has 0 aliphatic carbocycles. The zero-order valence-electron chi connectivity index (χ0n) is 10.9. The quantitative estimate of drug-likeness (QED) is 0.753. The molecule has 2 aromatic heterocycles. The van der Waals surface area contributed by atoms with Gasteiger partial charge >= 0.3 is 5.97 Å². The zero-order valence-corrected chi connectivity index (χ0v) is 10.9. The number of tetrazole rings is 1. The molecule has 0 unspecified atom stereocenters. The van der Waals surface area contributed by atoms with Crippen LogP contribution < -0.4 is 0 Å². The number of carboxylic acids is 1. The van der Waals surface area contributed by atoms with Crippen LogP contribution in [-0.4, -0.2) is 36.3 Å². The van der Waals surface area contributed by atoms with E-state index in [1.165, 1.54) is 11.0 Å². The number of carboxylic acid groups (broad SMARTS) is 1. The van der Waals surface area contributed by atoms with Gasteiger partial charge in [-0.1, -0.05) is 12.1 Å². The maximum absolute atomic E-state index is 10.5. The predicted octanol–water partition coefficient (Wildman–Crippen LogP) is 1.33. The van der Waals surface area contributed by atoms with E-state index in [1.807, 2.05) is 24.3 Å². The summed E-state index contributed by atoms with van der Waals surface area (Å²) in [7, 11) is 0. The van der Waals surface area contributed by atoms with Gasteiger partial charge in [-0.25, -0.2) is 9.67 Å². The molecular weight excluding hydrogens is 274 g/mol. The van der Waals surface area contributed by atoms with Gasteiger partial charge in [-0.2, -0.15) is 0 Å². The number of rotatable bonds is 5. The average Bonchev–Trinajstić information content (AvgIpc) is 3.17. The molecule has 0 radical (unpaired) electrons. The molecule has 0 fully saturated rings. The SMILES string of the molecule is O=C(O)CCc1ncc(-c2cccc(-n3cnnn3)c2)o1. The summed E-state index contributed by atoms with van der Waals surface area (Å²) in [6, 6.07) is 7.44. The van der Waals surface area contributed by atoms with E-state index in [9.17, 15) is 4.79 Å². The van der Waals surface area contributed by atoms with Crippen LogP contribution in [0.2, 0.25) is 0 Å². The summed E-state index contributed by atoms with van der Waals surface area (Å²) in [6.45, 7) is 0. The van der Waals surface area contributed by atoms with Gasteiger partial charge in [-0.05, 0) is 22.6 Å². The fourth-order valence-electron chi connectivity index (χ4n) is 1.85. The Hall–Kier alpha value is -3.03. The van der Waals surface area contributed by atoms with Crippen molar-refractivity contribution in [2.75, 3.05) is 0 Å². The Labute approximate surface area is 119 Å². The smallest absolute Gasteiger partial charge is 0.303 e. The number of oxazole rings is 1. The van der Waals surface area contributed by atoms with Crippen molar-refractivity contribution in [1.29, 1.82) is 0 Å². The molecule has 106 valence electrons. The van der Waals surface area contributed by atoms with Crippen LogP contribution in [0.4, 0.5) is 0 Å². The molecule has 1 N–H and O–H groups in total. The lowest BCUT2D eigenvalue weighted by Gasteiger charge is -2.01. The molecule has 0 saturated carbocycles. The van der Waals surface area contributed by atoms with Crippen molar-refractivity contribution in [3.8, 4) is 17.0 Å². The lowest BCUT2D eigenvalue weighted by molar-refractivity contribution is -0.137. The number of aromatic nitrogens is 5. The van der Waals surface area contributed by atoms with Crippen molar-refractivity contribution in [3.05, 3.63) is 42.7 Å². The van der Waals surface area contributed by atoms with E-state index in [0.717, 1.165) is 11.3 Å². The van der Waals surface area contributed by atoms with Crippen molar-refractivity contribution >= 4 is 5.97 Å². The van der Waals surface area contributed by atoms with E-state index >= 15 is 0 Å². The Morgan fingerprint density at radius 3 is 3.05 bits per heavy atom. The third-order valence-electron chi connectivity index (χ3n) is 2.85. The normalized spacial score (nSPS) is 10.7. The highest BCUT2D eigenvalue weighted by Gasteiger charge is 2.09. The highest BCUT2D eigenvalue weighted by atomic mass is 16.4. The molecule has 8 heteroatoms. The Kier molecular flexibility index (Phi) is 3.42. The van der Waals surface area contributed by atoms with Crippen molar-refractivity contribution in [2.45, 2.75) is 12.8 Å². The van der Waals surface area contributed by atoms with Crippen LogP contribution in [-0.2, 0) is 11.2 Å². The first-order chi connectivity index (χ1) is 10.2. The third-order valence-corrected chi connectivity index (χ3v) is 2.85. The summed E-state index contributed by atoms with van der Waals surface area (Å²) in [4.78, 5) is 14.6. The van der Waals surface area contributed by atoms with Crippen LogP contribution in [0.15, 0.2) is 41.2 Å². The van der Waals surface area contributed by atoms with Gasteiger partial charge in [0, 0.05) is 12.0 Å². The molecule has 1 aromatic carbocycles. The van der Waals surface area contributed by atoms with Gasteiger partial charge in [0.2, 0.25) is 0 Å². The lowest BCUT2D eigenvalue weighted by Crippen LogP contribution is -1.97. The highest BCUT2D eigenvalue weighted by molar-refractivity contribution is 5.67. The van der Waals surface area contributed by atoms with Crippen LogP contribution in [0, 0.1) is 0 Å². The second-order valence-corrected chi connectivity index (χ2v) is 4.32. The van der Waals surface area contributed by atoms with Crippen LogP contribution >= 0.6 is 0 Å². The van der Waals surface area contributed by atoms with Gasteiger partial charge in [-0.3, -0.25) is 4.79 Å². The van der Waals surface area contributed by atoms with E-state index in [-0.39, 0.29) is 12.8 Å². The van der Waals surface area contributed by atoms with Gasteiger partial charge in [0.05, 0.1) is 18.3 Å². The molecule has 2 heterocycles. The standard InChI is InChI=1S/C13H11N5O3/c19-13(20)5-4-12-14-7-11(21-12)9-2-1-3-10(6-9)18-8-15-16-17-18/h1-3,6-8H,4-5H2,(H,19,20). The third kappa shape index (κ3) is 2.94. The molecular formula is C13H11N5O3. The summed E-state index contributed by atoms with van der Waals surface area (Å²) in [6.07, 6.45) is 3.33. The van der Waals surface area contributed by atoms with Gasteiger partial charge in [-0.15, -0.1) is 5.10 Å². The minimum absolute atomic E-state index is 0.00931. The summed E-state index contributed by atoms with van der Waals surface area (Å²) in [5.41, 5.74) is 1.61. The zero-order chi connectivity index (χ0) is 14.7. The highest BCUT2D eigenvalue weighted by Crippen LogP contribution is 2.23. The number of nitrogens with zero attached hydrogens (tertiary/aromatic N) is 5. The molecule has 0 spiro atoms. The Balaban J connectivity index is 1.84. The lowest BCUT2D eigenvalue weighted by atomic mass is 10.1. The summed E-state index contributed by atoms with van der Waals surface area (Å²) in [5.74, 6) is 0.0981. The molecule has 21 heavy (non-hydrogen) atoms. The number of carbonyl (C=O) groups is 1. The first kappa shape index (κ1) is 13.0. The van der Waals surface area contributed by atoms with Gasteiger partial charge < -0.3 is 9.52 Å². The van der Waals surface area contributed by atoms with Crippen LogP contribution in [0.3, 0.4) is 0 Å². The van der Waals surface area contributed by atoms with E-state index in [4.69, 9.17) is 9.52 Å². The van der Waals surface area contributed by atoms with Crippen molar-refractivity contribution in [3.63, 3.8) is 0 Å². The van der Waals surface area contributed by atoms with E-state index in [1.54, 1.807) is 6.20 Å². The van der Waals surface area contributed by atoms with Gasteiger partial charge in [0.15, 0.2) is 11.7 Å². The van der Waals surface area contributed by atoms with Crippen molar-refractivity contribution in [2.24, 2.45) is 0 Å². The molecule has 3 rings (SSSR count). The minimum atomic E-state index is -0.879. The molecule has 3 aromatic rings. The fourth-order valence-corrected chi connectivity index (χ4v) is 1.85. The second-order valence-electron chi connectivity index (χ2n) is 4.32. The number of aryl methyl sites for hydroxylation is 1. The predicted molar refractivity (Wildman–Crippen MR) is 70.6 cm³/mol. The van der Waals surface area contributed by atoms with E-state index in [0.29, 0.717) is 11.7 Å². The summed E-state index contributed by atoms with van der Waals surface area (Å²) in [5, 5.41) is 19.6. The van der Waals surface area contributed by atoms with Crippen LogP contribution in [0.1, 0.15) is 12.3 Å². The molecule has 0 saturated heterocycles. The summed E-state index contributed by atoms with van der Waals surface area (Å²) >= 11 is 0. The van der Waals surface area contributed by atoms with Gasteiger partial charge in [0.25, 0.3) is 0 Å². The molecule has 0 aliphatic heterocycles. The Morgan fingerprint density at radius 1 is 1.38 bits per heavy atom. The molecule has 0 aliphatic rings. The Morgan fingerprint density at radius 2 is 2.29 bits per heavy atom. The molecule has 0 atom stereocenters. The molecule has 0 bridgehead atoms. The monoisotopic (exact) mass is 285 g/mol. The Bertz CT molecular complexity index is 751. The minimum Gasteiger partial charge on any atom is -0.481 e. The maximum atomic E-state index is 10.5. The van der Waals surface area contributed by atoms with Crippen molar-refractivity contribution in [1.82, 2.24) is 25.2 Å². The largest absolute Gasteiger partial charge is 0.481 e. The van der Waals surface area contributed by atoms with Crippen LogP contribution in [0.25, 0.3) is 17.0 Å². The first-order valence-electron chi connectivity index (χ1n) is 6.22. The van der Waals surface area contributed by atoms with Crippen molar-refractivity contribution < 1.29 is 14.3 Å². The summed E-state index contributed by atoms with van der Waals surface area (Å²) < 4.78 is 7.09. The number of aliphatic carboxylic acids is 1. The van der Waals surface area contributed by atoms with E-state index < -0.39 is 5.97 Å². The number of hydrogen-bond acceptors (Lipinski definition) is 6. The van der Waals surface area contributed by atoms with E-state index in [2.05, 4.69) is 20.5 Å².